The maximum Gasteiger partial charge on any atom is 0.172 e. The molecule has 1 aromatic carbocycles. The second-order valence-corrected chi connectivity index (χ2v) is 6.63. The highest BCUT2D eigenvalue weighted by atomic mass is 16.3. The van der Waals surface area contributed by atoms with Gasteiger partial charge in [0, 0.05) is 30.7 Å². The lowest BCUT2D eigenvalue weighted by Gasteiger charge is -2.45. The molecule has 3 N–H and O–H groups in total. The summed E-state index contributed by atoms with van der Waals surface area (Å²) < 4.78 is 0. The Bertz CT molecular complexity index is 764. The lowest BCUT2D eigenvalue weighted by Crippen LogP contribution is -2.62. The van der Waals surface area contributed by atoms with Crippen molar-refractivity contribution in [3.8, 4) is 17.0 Å². The maximum absolute atomic E-state index is 10.1. The first-order valence-corrected chi connectivity index (χ1v) is 8.22. The molecule has 4 heterocycles. The van der Waals surface area contributed by atoms with Crippen molar-refractivity contribution in [1.29, 1.82) is 0 Å². The Kier molecular flexibility index (Phi) is 2.76. The molecule has 2 saturated heterocycles. The molecule has 0 spiro atoms. The third-order valence-corrected chi connectivity index (χ3v) is 5.30. The minimum atomic E-state index is 0.238. The Morgan fingerprint density at radius 1 is 1.17 bits per heavy atom. The van der Waals surface area contributed by atoms with Gasteiger partial charge in [0.15, 0.2) is 5.82 Å². The van der Waals surface area contributed by atoms with Gasteiger partial charge in [-0.25, -0.2) is 0 Å². The van der Waals surface area contributed by atoms with E-state index in [1.807, 2.05) is 18.2 Å². The second kappa shape index (κ2) is 4.83. The molecular formula is C17H19N5O. The highest BCUT2D eigenvalue weighted by Gasteiger charge is 2.42. The molecule has 2 aromatic rings. The van der Waals surface area contributed by atoms with Crippen molar-refractivity contribution in [2.75, 3.05) is 23.3 Å². The number of hydrogen-bond donors (Lipinski definition) is 3. The summed E-state index contributed by atoms with van der Waals surface area (Å²) in [6.07, 6.45) is 2.49. The van der Waals surface area contributed by atoms with Crippen LogP contribution in [0, 0.1) is 0 Å². The molecule has 2 bridgehead atoms. The molecule has 0 radical (unpaired) electrons. The average Bonchev–Trinajstić information content (AvgIpc) is 2.97. The van der Waals surface area contributed by atoms with E-state index >= 15 is 0 Å². The summed E-state index contributed by atoms with van der Waals surface area (Å²) in [4.78, 5) is 2.48. The van der Waals surface area contributed by atoms with Crippen molar-refractivity contribution in [1.82, 2.24) is 15.5 Å². The summed E-state index contributed by atoms with van der Waals surface area (Å²) in [6, 6.07) is 10.9. The van der Waals surface area contributed by atoms with Crippen molar-refractivity contribution in [3.63, 3.8) is 0 Å². The molecule has 5 rings (SSSR count). The van der Waals surface area contributed by atoms with Crippen molar-refractivity contribution in [2.24, 2.45) is 0 Å². The van der Waals surface area contributed by atoms with Gasteiger partial charge in [0.2, 0.25) is 0 Å². The molecule has 0 aliphatic carbocycles. The molecule has 3 aliphatic heterocycles. The summed E-state index contributed by atoms with van der Waals surface area (Å²) >= 11 is 0. The number of fused-ring (bicyclic) bond motifs is 6. The van der Waals surface area contributed by atoms with E-state index in [9.17, 15) is 5.11 Å². The molecule has 2 fully saturated rings. The molecule has 0 amide bonds. The summed E-state index contributed by atoms with van der Waals surface area (Å²) in [6.45, 7) is 1.92. The number of piperazine rings is 1. The first-order chi connectivity index (χ1) is 11.3. The predicted octanol–water partition coefficient (Wildman–Crippen LogP) is 1.58. The van der Waals surface area contributed by atoms with Crippen LogP contribution in [0.15, 0.2) is 30.3 Å². The SMILES string of the molecule is Oc1ccccc1-c1cc2c(nn1)NCC1C3CCC(CN21)N3. The molecule has 3 aliphatic rings. The van der Waals surface area contributed by atoms with Crippen LogP contribution in [-0.2, 0) is 0 Å². The van der Waals surface area contributed by atoms with E-state index < -0.39 is 0 Å². The van der Waals surface area contributed by atoms with Crippen LogP contribution in [-0.4, -0.2) is 46.5 Å². The summed E-state index contributed by atoms with van der Waals surface area (Å²) in [5, 5.41) is 25.9. The molecule has 3 unspecified atom stereocenters. The molecule has 23 heavy (non-hydrogen) atoms. The van der Waals surface area contributed by atoms with Gasteiger partial charge < -0.3 is 20.6 Å². The van der Waals surface area contributed by atoms with E-state index in [1.165, 1.54) is 12.8 Å². The van der Waals surface area contributed by atoms with Gasteiger partial charge in [0.05, 0.1) is 17.4 Å². The Hall–Kier alpha value is -2.34. The zero-order chi connectivity index (χ0) is 15.4. The van der Waals surface area contributed by atoms with Crippen molar-refractivity contribution in [2.45, 2.75) is 31.0 Å². The number of benzene rings is 1. The molecule has 6 heteroatoms. The molecule has 0 saturated carbocycles. The van der Waals surface area contributed by atoms with E-state index in [-0.39, 0.29) is 5.75 Å². The molecule has 1 aromatic heterocycles. The average molecular weight is 309 g/mol. The fourth-order valence-electron chi connectivity index (χ4n) is 4.17. The van der Waals surface area contributed by atoms with Crippen LogP contribution in [0.3, 0.4) is 0 Å². The van der Waals surface area contributed by atoms with Crippen LogP contribution >= 0.6 is 0 Å². The first kappa shape index (κ1) is 13.1. The fourth-order valence-corrected chi connectivity index (χ4v) is 4.17. The molecular weight excluding hydrogens is 290 g/mol. The zero-order valence-corrected chi connectivity index (χ0v) is 12.7. The second-order valence-electron chi connectivity index (χ2n) is 6.63. The first-order valence-electron chi connectivity index (χ1n) is 8.22. The largest absolute Gasteiger partial charge is 0.507 e. The number of rotatable bonds is 1. The van der Waals surface area contributed by atoms with Crippen LogP contribution in [0.1, 0.15) is 12.8 Å². The van der Waals surface area contributed by atoms with Gasteiger partial charge in [-0.3, -0.25) is 0 Å². The van der Waals surface area contributed by atoms with Crippen LogP contribution < -0.4 is 15.5 Å². The van der Waals surface area contributed by atoms with Gasteiger partial charge in [-0.05, 0) is 31.0 Å². The summed E-state index contributed by atoms with van der Waals surface area (Å²) in [5.74, 6) is 1.09. The number of hydrogen-bond acceptors (Lipinski definition) is 6. The number of phenols is 1. The monoisotopic (exact) mass is 309 g/mol. The maximum atomic E-state index is 10.1. The Morgan fingerprint density at radius 2 is 2.09 bits per heavy atom. The minimum Gasteiger partial charge on any atom is -0.507 e. The number of nitrogens with one attached hydrogen (secondary N) is 2. The van der Waals surface area contributed by atoms with Crippen LogP contribution in [0.2, 0.25) is 0 Å². The van der Waals surface area contributed by atoms with E-state index in [0.717, 1.165) is 35.9 Å². The number of para-hydroxylation sites is 1. The Balaban J connectivity index is 1.59. The normalized spacial score (nSPS) is 28.0. The van der Waals surface area contributed by atoms with Gasteiger partial charge in [0.25, 0.3) is 0 Å². The standard InChI is InChI=1S/C17H19N5O/c23-16-4-2-1-3-11(16)13-7-14-17(21-20-13)18-8-15-12-6-5-10(19-12)9-22(14)15/h1-4,7,10,12,15,19,23H,5-6,8-9H2,(H,18,21). The van der Waals surface area contributed by atoms with E-state index in [0.29, 0.717) is 18.1 Å². The molecule has 118 valence electrons. The highest BCUT2D eigenvalue weighted by molar-refractivity contribution is 5.76. The topological polar surface area (TPSA) is 73.3 Å². The lowest BCUT2D eigenvalue weighted by atomic mass is 10.0. The zero-order valence-electron chi connectivity index (χ0n) is 12.7. The van der Waals surface area contributed by atoms with Gasteiger partial charge in [-0.2, -0.15) is 0 Å². The number of aromatic nitrogens is 2. The van der Waals surface area contributed by atoms with Gasteiger partial charge in [-0.1, -0.05) is 12.1 Å². The Labute approximate surface area is 134 Å². The minimum absolute atomic E-state index is 0.238. The highest BCUT2D eigenvalue weighted by Crippen LogP contribution is 2.38. The third kappa shape index (κ3) is 1.98. The van der Waals surface area contributed by atoms with Gasteiger partial charge >= 0.3 is 0 Å². The fraction of sp³-hybridized carbons (Fsp3) is 0.412. The molecule has 3 atom stereocenters. The smallest absolute Gasteiger partial charge is 0.172 e. The number of nitrogens with zero attached hydrogens (tertiary/aromatic N) is 3. The number of aromatic hydroxyl groups is 1. The quantitative estimate of drug-likeness (QED) is 0.743. The van der Waals surface area contributed by atoms with E-state index in [1.54, 1.807) is 6.07 Å². The van der Waals surface area contributed by atoms with Crippen molar-refractivity contribution >= 4 is 11.5 Å². The predicted molar refractivity (Wildman–Crippen MR) is 88.7 cm³/mol. The number of anilines is 2. The molecule has 6 nitrogen and oxygen atoms in total. The van der Waals surface area contributed by atoms with Crippen LogP contribution in [0.5, 0.6) is 5.75 Å². The number of phenolic OH excluding ortho intramolecular Hbond substituents is 1. The summed E-state index contributed by atoms with van der Waals surface area (Å²) in [5.41, 5.74) is 2.55. The Morgan fingerprint density at radius 3 is 3.00 bits per heavy atom. The third-order valence-electron chi connectivity index (χ3n) is 5.30. The van der Waals surface area contributed by atoms with Gasteiger partial charge in [0.1, 0.15) is 5.75 Å². The lowest BCUT2D eigenvalue weighted by molar-refractivity contribution is 0.381. The van der Waals surface area contributed by atoms with Crippen molar-refractivity contribution in [3.05, 3.63) is 30.3 Å². The summed E-state index contributed by atoms with van der Waals surface area (Å²) in [7, 11) is 0. The van der Waals surface area contributed by atoms with Crippen molar-refractivity contribution < 1.29 is 5.11 Å². The van der Waals surface area contributed by atoms with Crippen LogP contribution in [0.4, 0.5) is 11.5 Å². The van der Waals surface area contributed by atoms with E-state index in [4.69, 9.17) is 0 Å². The van der Waals surface area contributed by atoms with E-state index in [2.05, 4.69) is 31.8 Å². The van der Waals surface area contributed by atoms with Crippen LogP contribution in [0.25, 0.3) is 11.3 Å². The van der Waals surface area contributed by atoms with Gasteiger partial charge in [-0.15, -0.1) is 10.2 Å².